The normalized spacial score (nSPS) is 27.5. The fourth-order valence-corrected chi connectivity index (χ4v) is 1.48. The number of hydrogen-bond donors (Lipinski definition) is 0. The summed E-state index contributed by atoms with van der Waals surface area (Å²) in [6.45, 7) is 3.42. The summed E-state index contributed by atoms with van der Waals surface area (Å²) in [5.41, 5.74) is 1.23. The summed E-state index contributed by atoms with van der Waals surface area (Å²) >= 11 is 0. The standard InChI is InChI=1S/C9H12O2/c1-9(10-6-7-11-9)8-4-2-3-5-8/h2-4H,5-7H2,1H3. The van der Waals surface area contributed by atoms with Gasteiger partial charge in [0.25, 0.3) is 0 Å². The number of ether oxygens (including phenoxy) is 2. The Bertz CT molecular complexity index is 210. The van der Waals surface area contributed by atoms with E-state index in [2.05, 4.69) is 12.2 Å². The van der Waals surface area contributed by atoms with Crippen LogP contribution < -0.4 is 0 Å². The van der Waals surface area contributed by atoms with Crippen molar-refractivity contribution >= 4 is 0 Å². The van der Waals surface area contributed by atoms with E-state index in [9.17, 15) is 0 Å². The molecule has 60 valence electrons. The number of hydrogen-bond acceptors (Lipinski definition) is 2. The molecule has 11 heavy (non-hydrogen) atoms. The van der Waals surface area contributed by atoms with E-state index in [1.807, 2.05) is 13.0 Å². The molecular formula is C9H12O2. The fourth-order valence-electron chi connectivity index (χ4n) is 1.48. The lowest BCUT2D eigenvalue weighted by Crippen LogP contribution is -2.27. The molecule has 0 radical (unpaired) electrons. The molecule has 0 aromatic heterocycles. The van der Waals surface area contributed by atoms with Crippen molar-refractivity contribution in [1.82, 2.24) is 0 Å². The zero-order valence-electron chi connectivity index (χ0n) is 6.67. The first-order chi connectivity index (χ1) is 5.31. The van der Waals surface area contributed by atoms with E-state index < -0.39 is 5.79 Å². The molecule has 0 amide bonds. The van der Waals surface area contributed by atoms with Gasteiger partial charge in [0.05, 0.1) is 13.2 Å². The van der Waals surface area contributed by atoms with Gasteiger partial charge in [0.2, 0.25) is 0 Å². The first-order valence-corrected chi connectivity index (χ1v) is 3.95. The van der Waals surface area contributed by atoms with Crippen LogP contribution in [0.2, 0.25) is 0 Å². The van der Waals surface area contributed by atoms with Gasteiger partial charge in [-0.3, -0.25) is 0 Å². The lowest BCUT2D eigenvalue weighted by molar-refractivity contribution is -0.110. The molecular weight excluding hydrogens is 140 g/mol. The highest BCUT2D eigenvalue weighted by Crippen LogP contribution is 2.31. The van der Waals surface area contributed by atoms with Crippen molar-refractivity contribution in [2.75, 3.05) is 13.2 Å². The summed E-state index contributed by atoms with van der Waals surface area (Å²) in [5, 5.41) is 0. The third-order valence-electron chi connectivity index (χ3n) is 2.19. The zero-order chi connectivity index (χ0) is 7.73. The molecule has 1 heterocycles. The van der Waals surface area contributed by atoms with E-state index in [-0.39, 0.29) is 0 Å². The van der Waals surface area contributed by atoms with Crippen LogP contribution in [0.3, 0.4) is 0 Å². The summed E-state index contributed by atoms with van der Waals surface area (Å²) in [7, 11) is 0. The molecule has 0 aromatic rings. The molecule has 0 aromatic carbocycles. The van der Waals surface area contributed by atoms with Crippen molar-refractivity contribution in [2.24, 2.45) is 0 Å². The Kier molecular flexibility index (Phi) is 1.59. The SMILES string of the molecule is CC1(C2=CC=CC2)OCCO1. The molecule has 0 atom stereocenters. The molecule has 0 unspecified atom stereocenters. The van der Waals surface area contributed by atoms with Crippen LogP contribution in [0.1, 0.15) is 13.3 Å². The smallest absolute Gasteiger partial charge is 0.188 e. The third-order valence-corrected chi connectivity index (χ3v) is 2.19. The molecule has 2 aliphatic rings. The Morgan fingerprint density at radius 3 is 2.64 bits per heavy atom. The van der Waals surface area contributed by atoms with Crippen molar-refractivity contribution in [2.45, 2.75) is 19.1 Å². The maximum absolute atomic E-state index is 5.49. The van der Waals surface area contributed by atoms with Gasteiger partial charge in [-0.25, -0.2) is 0 Å². The third kappa shape index (κ3) is 1.12. The van der Waals surface area contributed by atoms with Crippen LogP contribution in [0, 0.1) is 0 Å². The molecule has 1 aliphatic heterocycles. The maximum atomic E-state index is 5.49. The summed E-state index contributed by atoms with van der Waals surface area (Å²) < 4.78 is 11.0. The first-order valence-electron chi connectivity index (χ1n) is 3.95. The Labute approximate surface area is 66.5 Å². The molecule has 2 rings (SSSR count). The zero-order valence-corrected chi connectivity index (χ0v) is 6.67. The second-order valence-corrected chi connectivity index (χ2v) is 2.97. The monoisotopic (exact) mass is 152 g/mol. The van der Waals surface area contributed by atoms with E-state index >= 15 is 0 Å². The van der Waals surface area contributed by atoms with E-state index in [0.29, 0.717) is 13.2 Å². The summed E-state index contributed by atoms with van der Waals surface area (Å²) in [4.78, 5) is 0. The Balaban J connectivity index is 2.13. The van der Waals surface area contributed by atoms with Crippen LogP contribution >= 0.6 is 0 Å². The Morgan fingerprint density at radius 1 is 1.36 bits per heavy atom. The van der Waals surface area contributed by atoms with Crippen molar-refractivity contribution < 1.29 is 9.47 Å². The topological polar surface area (TPSA) is 18.5 Å². The molecule has 2 heteroatoms. The van der Waals surface area contributed by atoms with E-state index in [1.54, 1.807) is 0 Å². The lowest BCUT2D eigenvalue weighted by atomic mass is 10.1. The van der Waals surface area contributed by atoms with Gasteiger partial charge in [-0.15, -0.1) is 0 Å². The van der Waals surface area contributed by atoms with E-state index in [4.69, 9.17) is 9.47 Å². The summed E-state index contributed by atoms with van der Waals surface area (Å²) in [6.07, 6.45) is 7.21. The highest BCUT2D eigenvalue weighted by Gasteiger charge is 2.34. The van der Waals surface area contributed by atoms with Crippen LogP contribution in [-0.4, -0.2) is 19.0 Å². The van der Waals surface area contributed by atoms with Crippen molar-refractivity contribution in [1.29, 1.82) is 0 Å². The highest BCUT2D eigenvalue weighted by molar-refractivity contribution is 5.28. The minimum absolute atomic E-state index is 0.427. The second kappa shape index (κ2) is 2.47. The number of rotatable bonds is 1. The Hall–Kier alpha value is -0.600. The van der Waals surface area contributed by atoms with Crippen LogP contribution in [0.4, 0.5) is 0 Å². The second-order valence-electron chi connectivity index (χ2n) is 2.97. The lowest BCUT2D eigenvalue weighted by Gasteiger charge is -2.23. The van der Waals surface area contributed by atoms with E-state index in [1.165, 1.54) is 5.57 Å². The minimum atomic E-state index is -0.427. The van der Waals surface area contributed by atoms with Crippen LogP contribution in [0.15, 0.2) is 23.8 Å². The molecule has 2 nitrogen and oxygen atoms in total. The van der Waals surface area contributed by atoms with Crippen LogP contribution in [0.25, 0.3) is 0 Å². The molecule has 1 fully saturated rings. The highest BCUT2D eigenvalue weighted by atomic mass is 16.7. The van der Waals surface area contributed by atoms with Crippen molar-refractivity contribution in [3.63, 3.8) is 0 Å². The summed E-state index contributed by atoms with van der Waals surface area (Å²) in [5.74, 6) is -0.427. The van der Waals surface area contributed by atoms with Gasteiger partial charge in [-0.05, 0) is 18.9 Å². The maximum Gasteiger partial charge on any atom is 0.188 e. The van der Waals surface area contributed by atoms with Gasteiger partial charge in [0.15, 0.2) is 5.79 Å². The molecule has 0 saturated carbocycles. The van der Waals surface area contributed by atoms with E-state index in [0.717, 1.165) is 6.42 Å². The minimum Gasteiger partial charge on any atom is -0.344 e. The van der Waals surface area contributed by atoms with Gasteiger partial charge >= 0.3 is 0 Å². The van der Waals surface area contributed by atoms with Gasteiger partial charge in [0, 0.05) is 0 Å². The summed E-state index contributed by atoms with van der Waals surface area (Å²) in [6, 6.07) is 0. The fraction of sp³-hybridized carbons (Fsp3) is 0.556. The van der Waals surface area contributed by atoms with Gasteiger partial charge in [-0.2, -0.15) is 0 Å². The van der Waals surface area contributed by atoms with Crippen molar-refractivity contribution in [3.8, 4) is 0 Å². The van der Waals surface area contributed by atoms with Crippen LogP contribution in [-0.2, 0) is 9.47 Å². The van der Waals surface area contributed by atoms with Gasteiger partial charge in [0.1, 0.15) is 0 Å². The average Bonchev–Trinajstić information content (AvgIpc) is 2.55. The largest absolute Gasteiger partial charge is 0.344 e. The number of allylic oxidation sites excluding steroid dienone is 3. The molecule has 1 aliphatic carbocycles. The molecule has 0 bridgehead atoms. The van der Waals surface area contributed by atoms with Gasteiger partial charge < -0.3 is 9.47 Å². The predicted molar refractivity (Wildman–Crippen MR) is 42.1 cm³/mol. The van der Waals surface area contributed by atoms with Crippen molar-refractivity contribution in [3.05, 3.63) is 23.8 Å². The molecule has 1 saturated heterocycles. The van der Waals surface area contributed by atoms with Crippen LogP contribution in [0.5, 0.6) is 0 Å². The predicted octanol–water partition coefficient (Wildman–Crippen LogP) is 1.64. The Morgan fingerprint density at radius 2 is 2.09 bits per heavy atom. The van der Waals surface area contributed by atoms with Gasteiger partial charge in [-0.1, -0.05) is 18.2 Å². The average molecular weight is 152 g/mol. The quantitative estimate of drug-likeness (QED) is 0.568. The first kappa shape index (κ1) is 7.07. The molecule has 0 N–H and O–H groups in total. The molecule has 0 spiro atoms.